The first-order valence-electron chi connectivity index (χ1n) is 12.2. The third-order valence-corrected chi connectivity index (χ3v) is 7.66. The van der Waals surface area contributed by atoms with Crippen LogP contribution in [0.15, 0.2) is 78.9 Å². The van der Waals surface area contributed by atoms with Crippen LogP contribution in [0.5, 0.6) is 0 Å². The van der Waals surface area contributed by atoms with Crippen molar-refractivity contribution in [2.45, 2.75) is 18.3 Å². The Kier molecular flexibility index (Phi) is 4.84. The maximum absolute atomic E-state index is 14.2. The number of carbonyl (C=O) groups excluding carboxylic acids is 3. The van der Waals surface area contributed by atoms with Crippen LogP contribution in [0.2, 0.25) is 0 Å². The van der Waals surface area contributed by atoms with E-state index in [2.05, 4.69) is 10.3 Å². The van der Waals surface area contributed by atoms with E-state index in [1.807, 2.05) is 24.3 Å². The molecule has 0 saturated carbocycles. The van der Waals surface area contributed by atoms with Gasteiger partial charge < -0.3 is 4.90 Å². The standard InChI is InChI=1S/C28H18F3N5O3/c29-28(30,31)16-7-5-8-17(14-16)34-25(37)22-21-13-12-15-6-1-3-10-19(15)35(21)24(23(22)26(34)38)27(39)36-20-11-4-2-9-18(20)32-33-36/h1-14,21-24H. The van der Waals surface area contributed by atoms with E-state index in [1.165, 1.54) is 6.07 Å². The third-order valence-electron chi connectivity index (χ3n) is 7.66. The summed E-state index contributed by atoms with van der Waals surface area (Å²) in [5.41, 5.74) is 1.24. The van der Waals surface area contributed by atoms with E-state index in [0.717, 1.165) is 33.3 Å². The Hall–Kier alpha value is -4.80. The van der Waals surface area contributed by atoms with Gasteiger partial charge in [-0.25, -0.2) is 4.90 Å². The van der Waals surface area contributed by atoms with Gasteiger partial charge in [0.15, 0.2) is 0 Å². The SMILES string of the molecule is O=C1C2C(C(=O)N1c1cccc(C(F)(F)F)c1)C(C(=O)n1nnc3ccccc31)N1c3ccccc3C=CC21. The van der Waals surface area contributed by atoms with Crippen LogP contribution in [0, 0.1) is 11.8 Å². The summed E-state index contributed by atoms with van der Waals surface area (Å²) < 4.78 is 41.4. The zero-order chi connectivity index (χ0) is 27.1. The van der Waals surface area contributed by atoms with E-state index in [1.54, 1.807) is 41.3 Å². The van der Waals surface area contributed by atoms with E-state index < -0.39 is 53.4 Å². The average Bonchev–Trinajstić information content (AvgIpc) is 3.59. The lowest BCUT2D eigenvalue weighted by Crippen LogP contribution is -2.50. The summed E-state index contributed by atoms with van der Waals surface area (Å²) in [4.78, 5) is 44.5. The molecule has 0 radical (unpaired) electrons. The molecule has 3 aliphatic rings. The third kappa shape index (κ3) is 3.28. The number of hydrogen-bond acceptors (Lipinski definition) is 6. The fourth-order valence-corrected chi connectivity index (χ4v) is 6.03. The highest BCUT2D eigenvalue weighted by Crippen LogP contribution is 2.49. The van der Waals surface area contributed by atoms with Crippen LogP contribution in [0.4, 0.5) is 24.5 Å². The second-order valence-electron chi connectivity index (χ2n) is 9.70. The lowest BCUT2D eigenvalue weighted by molar-refractivity contribution is -0.137. The number of nitrogens with zero attached hydrogens (tertiary/aromatic N) is 5. The Morgan fingerprint density at radius 3 is 2.44 bits per heavy atom. The van der Waals surface area contributed by atoms with Gasteiger partial charge in [0.05, 0.1) is 34.6 Å². The summed E-state index contributed by atoms with van der Waals surface area (Å²) in [7, 11) is 0. The number of benzene rings is 3. The summed E-state index contributed by atoms with van der Waals surface area (Å²) in [6, 6.07) is 16.5. The Balaban J connectivity index is 1.38. The number of aromatic nitrogens is 3. The van der Waals surface area contributed by atoms with Gasteiger partial charge in [-0.2, -0.15) is 17.9 Å². The van der Waals surface area contributed by atoms with Gasteiger partial charge in [0.1, 0.15) is 11.6 Å². The Labute approximate surface area is 218 Å². The molecule has 1 aromatic heterocycles. The monoisotopic (exact) mass is 529 g/mol. The first-order chi connectivity index (χ1) is 18.8. The molecular formula is C28H18F3N5O3. The molecule has 2 saturated heterocycles. The number of halogens is 3. The largest absolute Gasteiger partial charge is 0.416 e. The lowest BCUT2D eigenvalue weighted by atomic mass is 9.88. The molecular weight excluding hydrogens is 511 g/mol. The molecule has 4 unspecified atom stereocenters. The number of para-hydroxylation sites is 2. The van der Waals surface area contributed by atoms with Crippen LogP contribution < -0.4 is 9.80 Å². The molecule has 3 aromatic carbocycles. The smallest absolute Gasteiger partial charge is 0.351 e. The summed E-state index contributed by atoms with van der Waals surface area (Å²) in [6.45, 7) is 0. The van der Waals surface area contributed by atoms with Crippen LogP contribution in [0.25, 0.3) is 17.1 Å². The van der Waals surface area contributed by atoms with Crippen molar-refractivity contribution < 1.29 is 27.6 Å². The van der Waals surface area contributed by atoms with Crippen LogP contribution in [-0.2, 0) is 15.8 Å². The number of rotatable bonds is 2. The van der Waals surface area contributed by atoms with Gasteiger partial charge in [-0.05, 0) is 42.0 Å². The van der Waals surface area contributed by atoms with Crippen molar-refractivity contribution in [3.63, 3.8) is 0 Å². The highest BCUT2D eigenvalue weighted by Gasteiger charge is 2.64. The number of alkyl halides is 3. The molecule has 3 aliphatic heterocycles. The van der Waals surface area contributed by atoms with Crippen LogP contribution in [-0.4, -0.2) is 44.8 Å². The van der Waals surface area contributed by atoms with Crippen molar-refractivity contribution in [3.8, 4) is 0 Å². The summed E-state index contributed by atoms with van der Waals surface area (Å²) in [5, 5.41) is 8.11. The van der Waals surface area contributed by atoms with Gasteiger partial charge in [0.2, 0.25) is 11.8 Å². The van der Waals surface area contributed by atoms with Gasteiger partial charge in [-0.1, -0.05) is 53.8 Å². The normalized spacial score (nSPS) is 23.8. The summed E-state index contributed by atoms with van der Waals surface area (Å²) in [5.74, 6) is -4.07. The minimum atomic E-state index is -4.66. The van der Waals surface area contributed by atoms with Crippen molar-refractivity contribution in [2.24, 2.45) is 11.8 Å². The van der Waals surface area contributed by atoms with Crippen LogP contribution in [0.3, 0.4) is 0 Å². The zero-order valence-electron chi connectivity index (χ0n) is 20.0. The first-order valence-corrected chi connectivity index (χ1v) is 12.2. The quantitative estimate of drug-likeness (QED) is 0.362. The van der Waals surface area contributed by atoms with Crippen LogP contribution >= 0.6 is 0 Å². The summed E-state index contributed by atoms with van der Waals surface area (Å²) in [6.07, 6.45) is -1.06. The van der Waals surface area contributed by atoms with Gasteiger partial charge in [-0.3, -0.25) is 14.4 Å². The molecule has 39 heavy (non-hydrogen) atoms. The van der Waals surface area contributed by atoms with Crippen molar-refractivity contribution in [2.75, 3.05) is 9.80 Å². The predicted molar refractivity (Wildman–Crippen MR) is 135 cm³/mol. The number of hydrogen-bond donors (Lipinski definition) is 0. The highest BCUT2D eigenvalue weighted by molar-refractivity contribution is 6.25. The molecule has 11 heteroatoms. The Morgan fingerprint density at radius 2 is 1.62 bits per heavy atom. The molecule has 0 spiro atoms. The Bertz CT molecular complexity index is 1730. The lowest BCUT2D eigenvalue weighted by Gasteiger charge is -2.36. The van der Waals surface area contributed by atoms with E-state index >= 15 is 0 Å². The molecule has 0 N–H and O–H groups in total. The van der Waals surface area contributed by atoms with Gasteiger partial charge >= 0.3 is 6.18 Å². The van der Waals surface area contributed by atoms with Crippen molar-refractivity contribution in [3.05, 3.63) is 90.0 Å². The fraction of sp³-hybridized carbons (Fsp3) is 0.179. The van der Waals surface area contributed by atoms with Gasteiger partial charge in [-0.15, -0.1) is 5.10 Å². The highest BCUT2D eigenvalue weighted by atomic mass is 19.4. The number of anilines is 2. The number of fused-ring (bicyclic) bond motifs is 6. The molecule has 4 atom stereocenters. The molecule has 0 aliphatic carbocycles. The topological polar surface area (TPSA) is 88.4 Å². The van der Waals surface area contributed by atoms with Gasteiger partial charge in [0, 0.05) is 5.69 Å². The number of amides is 2. The zero-order valence-corrected chi connectivity index (χ0v) is 20.0. The minimum absolute atomic E-state index is 0.182. The maximum atomic E-state index is 14.2. The van der Waals surface area contributed by atoms with Crippen molar-refractivity contribution in [1.29, 1.82) is 0 Å². The van der Waals surface area contributed by atoms with Crippen molar-refractivity contribution >= 4 is 46.2 Å². The van der Waals surface area contributed by atoms with Crippen molar-refractivity contribution in [1.82, 2.24) is 15.0 Å². The van der Waals surface area contributed by atoms with E-state index in [9.17, 15) is 27.6 Å². The molecule has 7 rings (SSSR count). The van der Waals surface area contributed by atoms with E-state index in [-0.39, 0.29) is 5.69 Å². The first kappa shape index (κ1) is 23.3. The molecule has 8 nitrogen and oxygen atoms in total. The maximum Gasteiger partial charge on any atom is 0.416 e. The predicted octanol–water partition coefficient (Wildman–Crippen LogP) is 4.18. The molecule has 2 fully saturated rings. The van der Waals surface area contributed by atoms with Gasteiger partial charge in [0.25, 0.3) is 5.91 Å². The Morgan fingerprint density at radius 1 is 0.872 bits per heavy atom. The molecule has 2 amide bonds. The average molecular weight is 529 g/mol. The summed E-state index contributed by atoms with van der Waals surface area (Å²) >= 11 is 0. The molecule has 194 valence electrons. The number of carbonyl (C=O) groups is 3. The van der Waals surface area contributed by atoms with Crippen LogP contribution in [0.1, 0.15) is 15.9 Å². The molecule has 4 aromatic rings. The minimum Gasteiger partial charge on any atom is -0.351 e. The number of imide groups is 1. The molecule has 4 heterocycles. The van der Waals surface area contributed by atoms with E-state index in [4.69, 9.17) is 0 Å². The second-order valence-corrected chi connectivity index (χ2v) is 9.70. The van der Waals surface area contributed by atoms with E-state index in [0.29, 0.717) is 16.7 Å². The second kappa shape index (κ2) is 8.10. The fourth-order valence-electron chi connectivity index (χ4n) is 6.03. The molecule has 0 bridgehead atoms.